The zero-order chi connectivity index (χ0) is 12.8. The average molecular weight is 245 g/mol. The Morgan fingerprint density at radius 2 is 2.22 bits per heavy atom. The zero-order valence-corrected chi connectivity index (χ0v) is 10.9. The Morgan fingerprint density at radius 3 is 2.89 bits per heavy atom. The Morgan fingerprint density at radius 1 is 1.39 bits per heavy atom. The van der Waals surface area contributed by atoms with Crippen molar-refractivity contribution < 1.29 is 9.15 Å². The molecular weight excluding hydrogens is 226 g/mol. The molecular formula is C15H19NO2. The third-order valence-electron chi connectivity index (χ3n) is 3.97. The van der Waals surface area contributed by atoms with E-state index in [9.17, 15) is 0 Å². The number of fused-ring (bicyclic) bond motifs is 1. The van der Waals surface area contributed by atoms with Gasteiger partial charge in [-0.2, -0.15) is 0 Å². The van der Waals surface area contributed by atoms with E-state index in [1.54, 1.807) is 0 Å². The second-order valence-corrected chi connectivity index (χ2v) is 5.38. The summed E-state index contributed by atoms with van der Waals surface area (Å²) in [6.45, 7) is 4.92. The van der Waals surface area contributed by atoms with Crippen molar-refractivity contribution in [1.82, 2.24) is 0 Å². The highest BCUT2D eigenvalue weighted by Crippen LogP contribution is 2.37. The Labute approximate surface area is 107 Å². The maximum atomic E-state index is 6.33. The zero-order valence-electron chi connectivity index (χ0n) is 10.9. The van der Waals surface area contributed by atoms with E-state index in [-0.39, 0.29) is 11.6 Å². The van der Waals surface area contributed by atoms with Gasteiger partial charge in [-0.1, -0.05) is 18.2 Å². The molecule has 1 aromatic heterocycles. The summed E-state index contributed by atoms with van der Waals surface area (Å²) in [6.07, 6.45) is 2.06. The van der Waals surface area contributed by atoms with Crippen molar-refractivity contribution in [2.24, 2.45) is 5.73 Å². The first-order chi connectivity index (χ1) is 8.60. The third kappa shape index (κ3) is 1.74. The summed E-state index contributed by atoms with van der Waals surface area (Å²) in [5, 5.41) is 1.11. The number of nitrogens with two attached hydrogens (primary N) is 1. The molecule has 1 aromatic carbocycles. The fraction of sp³-hybridized carbons (Fsp3) is 0.467. The summed E-state index contributed by atoms with van der Waals surface area (Å²) in [5.74, 6) is 0.823. The van der Waals surface area contributed by atoms with Crippen LogP contribution in [0.25, 0.3) is 11.0 Å². The highest BCUT2D eigenvalue weighted by atomic mass is 16.5. The van der Waals surface area contributed by atoms with Gasteiger partial charge in [-0.15, -0.1) is 0 Å². The van der Waals surface area contributed by atoms with Crippen LogP contribution in [0.2, 0.25) is 0 Å². The minimum atomic E-state index is -0.290. The van der Waals surface area contributed by atoms with Crippen molar-refractivity contribution in [1.29, 1.82) is 0 Å². The minimum absolute atomic E-state index is 0.202. The molecule has 96 valence electrons. The van der Waals surface area contributed by atoms with Crippen LogP contribution in [0.15, 0.2) is 28.7 Å². The number of benzene rings is 1. The predicted octanol–water partition coefficient (Wildman–Crippen LogP) is 3.31. The molecule has 1 fully saturated rings. The SMILES string of the molecule is Cc1cccc2cc(C(N)C3(C)CCCO3)oc12. The molecule has 1 aliphatic rings. The van der Waals surface area contributed by atoms with E-state index >= 15 is 0 Å². The molecule has 3 rings (SSSR count). The summed E-state index contributed by atoms with van der Waals surface area (Å²) in [6, 6.07) is 7.98. The fourth-order valence-corrected chi connectivity index (χ4v) is 2.73. The molecule has 3 nitrogen and oxygen atoms in total. The number of furan rings is 1. The van der Waals surface area contributed by atoms with Crippen molar-refractivity contribution >= 4 is 11.0 Å². The molecule has 3 heteroatoms. The van der Waals surface area contributed by atoms with Gasteiger partial charge in [0.15, 0.2) is 0 Å². The normalized spacial score (nSPS) is 25.7. The first-order valence-electron chi connectivity index (χ1n) is 6.49. The van der Waals surface area contributed by atoms with Gasteiger partial charge in [0.25, 0.3) is 0 Å². The van der Waals surface area contributed by atoms with Gasteiger partial charge in [0.1, 0.15) is 11.3 Å². The summed E-state index contributed by atoms with van der Waals surface area (Å²) in [4.78, 5) is 0. The molecule has 1 saturated heterocycles. The Hall–Kier alpha value is -1.32. The van der Waals surface area contributed by atoms with Gasteiger partial charge in [-0.25, -0.2) is 0 Å². The Balaban J connectivity index is 2.01. The van der Waals surface area contributed by atoms with E-state index in [1.165, 1.54) is 0 Å². The highest BCUT2D eigenvalue weighted by Gasteiger charge is 2.38. The lowest BCUT2D eigenvalue weighted by Gasteiger charge is -2.28. The van der Waals surface area contributed by atoms with Crippen LogP contribution in [0.1, 0.15) is 37.1 Å². The van der Waals surface area contributed by atoms with E-state index in [0.717, 1.165) is 41.7 Å². The molecule has 2 heterocycles. The van der Waals surface area contributed by atoms with Gasteiger partial charge >= 0.3 is 0 Å². The fourth-order valence-electron chi connectivity index (χ4n) is 2.73. The highest BCUT2D eigenvalue weighted by molar-refractivity contribution is 5.81. The van der Waals surface area contributed by atoms with Crippen LogP contribution in [-0.4, -0.2) is 12.2 Å². The van der Waals surface area contributed by atoms with Crippen LogP contribution < -0.4 is 5.73 Å². The monoisotopic (exact) mass is 245 g/mol. The van der Waals surface area contributed by atoms with Gasteiger partial charge < -0.3 is 14.9 Å². The van der Waals surface area contributed by atoms with Crippen LogP contribution >= 0.6 is 0 Å². The van der Waals surface area contributed by atoms with Crippen LogP contribution in [0.3, 0.4) is 0 Å². The van der Waals surface area contributed by atoms with Crippen molar-refractivity contribution in [3.63, 3.8) is 0 Å². The standard InChI is InChI=1S/C15H19NO2/c1-10-5-3-6-11-9-12(18-13(10)11)14(16)15(2)7-4-8-17-15/h3,5-6,9,14H,4,7-8,16H2,1-2H3. The number of rotatable bonds is 2. The minimum Gasteiger partial charge on any atom is -0.459 e. The van der Waals surface area contributed by atoms with E-state index < -0.39 is 0 Å². The van der Waals surface area contributed by atoms with E-state index in [1.807, 2.05) is 12.1 Å². The quantitative estimate of drug-likeness (QED) is 0.883. The molecule has 0 spiro atoms. The summed E-state index contributed by atoms with van der Waals surface area (Å²) in [5.41, 5.74) is 8.12. The molecule has 2 N–H and O–H groups in total. The number of hydrogen-bond donors (Lipinski definition) is 1. The molecule has 2 unspecified atom stereocenters. The molecule has 0 radical (unpaired) electrons. The number of para-hydroxylation sites is 1. The van der Waals surface area contributed by atoms with E-state index in [2.05, 4.69) is 26.0 Å². The molecule has 18 heavy (non-hydrogen) atoms. The Kier molecular flexibility index (Phi) is 2.68. The third-order valence-corrected chi connectivity index (χ3v) is 3.97. The van der Waals surface area contributed by atoms with E-state index in [0.29, 0.717) is 0 Å². The predicted molar refractivity (Wildman–Crippen MR) is 71.5 cm³/mol. The topological polar surface area (TPSA) is 48.4 Å². The number of hydrogen-bond acceptors (Lipinski definition) is 3. The van der Waals surface area contributed by atoms with Gasteiger partial charge in [0, 0.05) is 12.0 Å². The van der Waals surface area contributed by atoms with Crippen molar-refractivity contribution in [3.05, 3.63) is 35.6 Å². The van der Waals surface area contributed by atoms with Crippen LogP contribution in [0.5, 0.6) is 0 Å². The molecule has 0 amide bonds. The average Bonchev–Trinajstić information content (AvgIpc) is 2.96. The maximum Gasteiger partial charge on any atom is 0.137 e. The van der Waals surface area contributed by atoms with Crippen molar-refractivity contribution in [2.45, 2.75) is 38.3 Å². The lowest BCUT2D eigenvalue weighted by molar-refractivity contribution is -0.00649. The first kappa shape index (κ1) is 11.8. The molecule has 1 aliphatic heterocycles. The molecule has 2 atom stereocenters. The van der Waals surface area contributed by atoms with E-state index in [4.69, 9.17) is 14.9 Å². The number of aryl methyl sites for hydroxylation is 1. The summed E-state index contributed by atoms with van der Waals surface area (Å²) in [7, 11) is 0. The van der Waals surface area contributed by atoms with Crippen LogP contribution in [-0.2, 0) is 4.74 Å². The second-order valence-electron chi connectivity index (χ2n) is 5.38. The van der Waals surface area contributed by atoms with Gasteiger partial charge in [0.05, 0.1) is 11.6 Å². The second kappa shape index (κ2) is 4.11. The Bertz CT molecular complexity index is 567. The maximum absolute atomic E-state index is 6.33. The molecule has 2 aromatic rings. The van der Waals surface area contributed by atoms with Crippen molar-refractivity contribution in [3.8, 4) is 0 Å². The summed E-state index contributed by atoms with van der Waals surface area (Å²) >= 11 is 0. The first-order valence-corrected chi connectivity index (χ1v) is 6.49. The van der Waals surface area contributed by atoms with Gasteiger partial charge in [0.2, 0.25) is 0 Å². The molecule has 0 aliphatic carbocycles. The lowest BCUT2D eigenvalue weighted by Crippen LogP contribution is -2.37. The van der Waals surface area contributed by atoms with Crippen LogP contribution in [0, 0.1) is 6.92 Å². The largest absolute Gasteiger partial charge is 0.459 e. The van der Waals surface area contributed by atoms with Crippen LogP contribution in [0.4, 0.5) is 0 Å². The van der Waals surface area contributed by atoms with Gasteiger partial charge in [-0.05, 0) is 38.3 Å². The smallest absolute Gasteiger partial charge is 0.137 e. The number of ether oxygens (including phenoxy) is 1. The summed E-state index contributed by atoms with van der Waals surface area (Å²) < 4.78 is 11.7. The molecule has 0 bridgehead atoms. The molecule has 0 saturated carbocycles. The van der Waals surface area contributed by atoms with Gasteiger partial charge in [-0.3, -0.25) is 0 Å². The lowest BCUT2D eigenvalue weighted by atomic mass is 9.92. The van der Waals surface area contributed by atoms with Crippen molar-refractivity contribution in [2.75, 3.05) is 6.61 Å².